The summed E-state index contributed by atoms with van der Waals surface area (Å²) < 4.78 is 19.1. The van der Waals surface area contributed by atoms with Crippen LogP contribution in [0.3, 0.4) is 0 Å². The Bertz CT molecular complexity index is 1500. The summed E-state index contributed by atoms with van der Waals surface area (Å²) in [5.41, 5.74) is 3.14. The maximum atomic E-state index is 13.3. The third-order valence-electron chi connectivity index (χ3n) is 7.56. The number of carbonyl (C=O) groups excluding carboxylic acids is 1. The lowest BCUT2D eigenvalue weighted by atomic mass is 9.97. The number of anilines is 2. The lowest BCUT2D eigenvalue weighted by Crippen LogP contribution is -2.41. The first-order valence-electron chi connectivity index (χ1n) is 14.3. The van der Waals surface area contributed by atoms with E-state index in [1.165, 1.54) is 6.42 Å². The highest BCUT2D eigenvalue weighted by Gasteiger charge is 2.30. The number of aryl methyl sites for hydroxylation is 2. The predicted octanol–water partition coefficient (Wildman–Crippen LogP) is 4.86. The Labute approximate surface area is 232 Å². The van der Waals surface area contributed by atoms with Crippen molar-refractivity contribution in [3.05, 3.63) is 36.4 Å². The summed E-state index contributed by atoms with van der Waals surface area (Å²) in [7, 11) is 0. The van der Waals surface area contributed by atoms with Crippen molar-refractivity contribution < 1.29 is 18.8 Å². The molecule has 0 bridgehead atoms. The van der Waals surface area contributed by atoms with Crippen LogP contribution in [0.15, 0.2) is 35.1 Å². The molecule has 0 radical (unpaired) electrons. The molecule has 210 valence electrons. The van der Waals surface area contributed by atoms with Crippen LogP contribution >= 0.6 is 0 Å². The van der Waals surface area contributed by atoms with Crippen LogP contribution in [0.1, 0.15) is 51.8 Å². The summed E-state index contributed by atoms with van der Waals surface area (Å²) in [6.07, 6.45) is 7.75. The van der Waals surface area contributed by atoms with Crippen molar-refractivity contribution in [3.8, 4) is 22.8 Å². The number of amides is 1. The van der Waals surface area contributed by atoms with E-state index in [1.54, 1.807) is 12.4 Å². The van der Waals surface area contributed by atoms with Crippen LogP contribution in [0.25, 0.3) is 22.4 Å². The lowest BCUT2D eigenvalue weighted by molar-refractivity contribution is -0.120. The summed E-state index contributed by atoms with van der Waals surface area (Å²) in [6.45, 7) is 7.24. The van der Waals surface area contributed by atoms with E-state index in [9.17, 15) is 4.79 Å². The van der Waals surface area contributed by atoms with Crippen LogP contribution < -0.4 is 19.7 Å². The fourth-order valence-electron chi connectivity index (χ4n) is 5.64. The number of aromatic nitrogens is 5. The number of hydrogen-bond donors (Lipinski definition) is 1. The third kappa shape index (κ3) is 5.20. The number of nitrogens with one attached hydrogen (secondary N) is 1. The molecule has 5 heterocycles. The second-order valence-corrected chi connectivity index (χ2v) is 10.2. The molecule has 2 aliphatic heterocycles. The van der Waals surface area contributed by atoms with Gasteiger partial charge >= 0.3 is 0 Å². The molecular weight excluding hydrogens is 510 g/mol. The highest BCUT2D eigenvalue weighted by molar-refractivity contribution is 5.92. The second-order valence-electron chi connectivity index (χ2n) is 10.2. The van der Waals surface area contributed by atoms with E-state index >= 15 is 0 Å². The van der Waals surface area contributed by atoms with Gasteiger partial charge in [0, 0.05) is 37.7 Å². The van der Waals surface area contributed by atoms with Crippen LogP contribution in [-0.2, 0) is 17.8 Å². The van der Waals surface area contributed by atoms with E-state index in [1.807, 2.05) is 32.0 Å². The summed E-state index contributed by atoms with van der Waals surface area (Å²) in [6, 6.07) is 7.36. The largest absolute Gasteiger partial charge is 0.490 e. The van der Waals surface area contributed by atoms with Gasteiger partial charge in [0.1, 0.15) is 17.8 Å². The molecule has 4 aromatic rings. The van der Waals surface area contributed by atoms with Gasteiger partial charge in [-0.3, -0.25) is 10.1 Å². The molecule has 6 rings (SSSR count). The minimum Gasteiger partial charge on any atom is -0.490 e. The molecule has 1 aromatic carbocycles. The van der Waals surface area contributed by atoms with Gasteiger partial charge in [-0.25, -0.2) is 15.0 Å². The van der Waals surface area contributed by atoms with Gasteiger partial charge in [-0.15, -0.1) is 0 Å². The van der Waals surface area contributed by atoms with Crippen molar-refractivity contribution >= 4 is 28.8 Å². The van der Waals surface area contributed by atoms with E-state index in [0.29, 0.717) is 42.8 Å². The second kappa shape index (κ2) is 11.5. The molecule has 2 aliphatic rings. The number of benzene rings is 1. The van der Waals surface area contributed by atoms with Gasteiger partial charge in [0.2, 0.25) is 11.8 Å². The molecule has 1 N–H and O–H groups in total. The SMILES string of the molecule is CCOc1ccc(-c2cc(NC(=O)[C@H]3CCCN(c4ncnc5c4nc4n5CCCCC4)C3)on2)cc1OCC. The zero-order valence-electron chi connectivity index (χ0n) is 23.1. The minimum atomic E-state index is -0.220. The van der Waals surface area contributed by atoms with Crippen LogP contribution in [0.5, 0.6) is 11.5 Å². The third-order valence-corrected chi connectivity index (χ3v) is 7.56. The van der Waals surface area contributed by atoms with Gasteiger partial charge in [-0.05, 0) is 57.7 Å². The van der Waals surface area contributed by atoms with Crippen molar-refractivity contribution in [2.75, 3.05) is 36.5 Å². The van der Waals surface area contributed by atoms with E-state index in [4.69, 9.17) is 19.0 Å². The molecule has 0 spiro atoms. The molecule has 1 saturated heterocycles. The molecule has 0 aliphatic carbocycles. The number of carbonyl (C=O) groups is 1. The van der Waals surface area contributed by atoms with Crippen LogP contribution in [0, 0.1) is 5.92 Å². The molecule has 3 aromatic heterocycles. The van der Waals surface area contributed by atoms with Crippen LogP contribution in [-0.4, -0.2) is 56.9 Å². The monoisotopic (exact) mass is 545 g/mol. The van der Waals surface area contributed by atoms with E-state index in [-0.39, 0.29) is 11.8 Å². The summed E-state index contributed by atoms with van der Waals surface area (Å²) in [4.78, 5) is 29.6. The molecule has 1 amide bonds. The Kier molecular flexibility index (Phi) is 7.52. The standard InChI is InChI=1S/C29H35N7O4/c1-3-38-22-12-11-19(15-23(22)39-4-2)21-16-25(40-34-21)33-29(37)20-9-8-13-35(17-20)27-26-28(31-18-30-27)36-14-7-5-6-10-24(36)32-26/h11-12,15-16,18,20H,3-10,13-14,17H2,1-2H3,(H,33,37)/t20-/m0/s1. The smallest absolute Gasteiger partial charge is 0.231 e. The number of piperidine rings is 1. The summed E-state index contributed by atoms with van der Waals surface area (Å²) >= 11 is 0. The molecule has 11 nitrogen and oxygen atoms in total. The number of nitrogens with zero attached hydrogens (tertiary/aromatic N) is 6. The number of ether oxygens (including phenoxy) is 2. The average molecular weight is 546 g/mol. The number of rotatable bonds is 8. The van der Waals surface area contributed by atoms with E-state index < -0.39 is 0 Å². The summed E-state index contributed by atoms with van der Waals surface area (Å²) in [5, 5.41) is 7.10. The van der Waals surface area contributed by atoms with Gasteiger partial charge in [-0.2, -0.15) is 0 Å². The topological polar surface area (TPSA) is 120 Å². The predicted molar refractivity (Wildman–Crippen MR) is 151 cm³/mol. The molecule has 1 atom stereocenters. The number of hydrogen-bond acceptors (Lipinski definition) is 9. The first-order valence-corrected chi connectivity index (χ1v) is 14.3. The first kappa shape index (κ1) is 26.1. The van der Waals surface area contributed by atoms with Crippen molar-refractivity contribution in [1.82, 2.24) is 24.7 Å². The Hall–Kier alpha value is -4.15. The maximum absolute atomic E-state index is 13.3. The van der Waals surface area contributed by atoms with Crippen molar-refractivity contribution in [2.24, 2.45) is 5.92 Å². The van der Waals surface area contributed by atoms with Crippen molar-refractivity contribution in [3.63, 3.8) is 0 Å². The van der Waals surface area contributed by atoms with Gasteiger partial charge in [0.25, 0.3) is 0 Å². The maximum Gasteiger partial charge on any atom is 0.231 e. The highest BCUT2D eigenvalue weighted by atomic mass is 16.5. The summed E-state index contributed by atoms with van der Waals surface area (Å²) in [5.74, 6) is 3.21. The molecule has 40 heavy (non-hydrogen) atoms. The van der Waals surface area contributed by atoms with Gasteiger partial charge < -0.3 is 23.5 Å². The lowest BCUT2D eigenvalue weighted by Gasteiger charge is -2.32. The fourth-order valence-corrected chi connectivity index (χ4v) is 5.64. The fraction of sp³-hybridized carbons (Fsp3) is 0.483. The first-order chi connectivity index (χ1) is 19.6. The Balaban J connectivity index is 1.16. The number of fused-ring (bicyclic) bond motifs is 3. The Morgan fingerprint density at radius 3 is 2.80 bits per heavy atom. The van der Waals surface area contributed by atoms with Gasteiger partial charge in [-0.1, -0.05) is 11.6 Å². The van der Waals surface area contributed by atoms with Crippen molar-refractivity contribution in [2.45, 2.75) is 58.9 Å². The van der Waals surface area contributed by atoms with Crippen LogP contribution in [0.4, 0.5) is 11.7 Å². The Morgan fingerprint density at radius 1 is 1.05 bits per heavy atom. The van der Waals surface area contributed by atoms with Gasteiger partial charge in [0.05, 0.1) is 19.1 Å². The average Bonchev–Trinajstić information content (AvgIpc) is 3.51. The molecule has 1 fully saturated rings. The normalized spacial score (nSPS) is 17.4. The van der Waals surface area contributed by atoms with Crippen LogP contribution in [0.2, 0.25) is 0 Å². The Morgan fingerprint density at radius 2 is 1.93 bits per heavy atom. The number of imidazole rings is 1. The molecular formula is C29H35N7O4. The zero-order chi connectivity index (χ0) is 27.5. The quantitative estimate of drug-likeness (QED) is 0.331. The van der Waals surface area contributed by atoms with E-state index in [0.717, 1.165) is 73.6 Å². The zero-order valence-corrected chi connectivity index (χ0v) is 23.1. The highest BCUT2D eigenvalue weighted by Crippen LogP contribution is 2.34. The molecule has 0 saturated carbocycles. The van der Waals surface area contributed by atoms with E-state index in [2.05, 4.69) is 29.9 Å². The minimum absolute atomic E-state index is 0.0972. The van der Waals surface area contributed by atoms with Crippen molar-refractivity contribution in [1.29, 1.82) is 0 Å². The van der Waals surface area contributed by atoms with Gasteiger partial charge in [0.15, 0.2) is 28.5 Å². The molecule has 11 heteroatoms. The molecule has 0 unspecified atom stereocenters.